The first-order valence-electron chi connectivity index (χ1n) is 3.46. The van der Waals surface area contributed by atoms with E-state index in [0.29, 0.717) is 6.42 Å². The molecule has 0 radical (unpaired) electrons. The van der Waals surface area contributed by atoms with Crippen LogP contribution in [0.2, 0.25) is 0 Å². The molecule has 1 aromatic rings. The maximum absolute atomic E-state index is 10.6. The van der Waals surface area contributed by atoms with Crippen LogP contribution in [0.15, 0.2) is 24.3 Å². The Morgan fingerprint density at radius 2 is 2.27 bits per heavy atom. The number of carbonyl (C=O) groups is 1. The van der Waals surface area contributed by atoms with Gasteiger partial charge in [-0.05, 0) is 12.5 Å². The maximum Gasteiger partial charge on any atom is 0.190 e. The van der Waals surface area contributed by atoms with Crippen LogP contribution >= 0.6 is 12.6 Å². The molecule has 0 unspecified atom stereocenters. The van der Waals surface area contributed by atoms with Crippen molar-refractivity contribution in [2.45, 2.75) is 13.3 Å². The van der Waals surface area contributed by atoms with Crippen molar-refractivity contribution in [1.29, 1.82) is 0 Å². The first-order valence-corrected chi connectivity index (χ1v) is 3.90. The summed E-state index contributed by atoms with van der Waals surface area (Å²) in [6.45, 7) is 2.01. The van der Waals surface area contributed by atoms with Crippen molar-refractivity contribution < 1.29 is 4.79 Å². The molecule has 0 saturated heterocycles. The van der Waals surface area contributed by atoms with Gasteiger partial charge in [0.15, 0.2) is 5.12 Å². The van der Waals surface area contributed by atoms with Crippen LogP contribution in [-0.2, 0) is 11.2 Å². The quantitative estimate of drug-likeness (QED) is 0.665. The van der Waals surface area contributed by atoms with Crippen LogP contribution in [0.25, 0.3) is 0 Å². The SMILES string of the molecule is Cc1cccc(CC(=O)S)c1. The first-order chi connectivity index (χ1) is 5.18. The fraction of sp³-hybridized carbons (Fsp3) is 0.222. The lowest BCUT2D eigenvalue weighted by Crippen LogP contribution is -1.93. The van der Waals surface area contributed by atoms with Crippen molar-refractivity contribution in [3.63, 3.8) is 0 Å². The normalized spacial score (nSPS) is 9.64. The maximum atomic E-state index is 10.6. The molecule has 0 aliphatic carbocycles. The number of rotatable bonds is 2. The predicted molar refractivity (Wildman–Crippen MR) is 48.9 cm³/mol. The van der Waals surface area contributed by atoms with Crippen molar-refractivity contribution in [1.82, 2.24) is 0 Å². The van der Waals surface area contributed by atoms with Gasteiger partial charge in [0.05, 0.1) is 0 Å². The molecule has 1 rings (SSSR count). The molecule has 58 valence electrons. The van der Waals surface area contributed by atoms with Crippen molar-refractivity contribution >= 4 is 17.7 Å². The Balaban J connectivity index is 2.79. The minimum atomic E-state index is -0.0874. The van der Waals surface area contributed by atoms with E-state index in [4.69, 9.17) is 0 Å². The topological polar surface area (TPSA) is 17.1 Å². The molecule has 0 bridgehead atoms. The van der Waals surface area contributed by atoms with Gasteiger partial charge in [-0.25, -0.2) is 0 Å². The molecule has 0 saturated carbocycles. The van der Waals surface area contributed by atoms with Gasteiger partial charge >= 0.3 is 0 Å². The van der Waals surface area contributed by atoms with Crippen molar-refractivity contribution in [3.8, 4) is 0 Å². The molecular formula is C9H10OS. The summed E-state index contributed by atoms with van der Waals surface area (Å²) in [7, 11) is 0. The zero-order valence-corrected chi connectivity index (χ0v) is 7.27. The van der Waals surface area contributed by atoms with Crippen LogP contribution in [0.1, 0.15) is 11.1 Å². The molecule has 1 nitrogen and oxygen atoms in total. The van der Waals surface area contributed by atoms with Gasteiger partial charge in [-0.3, -0.25) is 4.79 Å². The average molecular weight is 166 g/mol. The molecule has 0 aliphatic heterocycles. The largest absolute Gasteiger partial charge is 0.287 e. The van der Waals surface area contributed by atoms with E-state index in [-0.39, 0.29) is 5.12 Å². The van der Waals surface area contributed by atoms with E-state index in [0.717, 1.165) is 5.56 Å². The van der Waals surface area contributed by atoms with Crippen LogP contribution < -0.4 is 0 Å². The summed E-state index contributed by atoms with van der Waals surface area (Å²) in [4.78, 5) is 10.6. The summed E-state index contributed by atoms with van der Waals surface area (Å²) in [5.41, 5.74) is 2.21. The van der Waals surface area contributed by atoms with E-state index in [2.05, 4.69) is 12.6 Å². The highest BCUT2D eigenvalue weighted by molar-refractivity contribution is 7.96. The Bertz CT molecular complexity index is 268. The van der Waals surface area contributed by atoms with Crippen LogP contribution in [-0.4, -0.2) is 5.12 Å². The molecule has 0 atom stereocenters. The molecule has 2 heteroatoms. The zero-order chi connectivity index (χ0) is 8.27. The minimum Gasteiger partial charge on any atom is -0.287 e. The molecule has 0 aromatic heterocycles. The lowest BCUT2D eigenvalue weighted by Gasteiger charge is -1.97. The van der Waals surface area contributed by atoms with Crippen molar-refractivity contribution in [3.05, 3.63) is 35.4 Å². The fourth-order valence-electron chi connectivity index (χ4n) is 0.997. The monoisotopic (exact) mass is 166 g/mol. The summed E-state index contributed by atoms with van der Waals surface area (Å²) in [5, 5.41) is -0.0874. The van der Waals surface area contributed by atoms with Crippen LogP contribution in [0.4, 0.5) is 0 Å². The molecule has 1 aromatic carbocycles. The van der Waals surface area contributed by atoms with E-state index < -0.39 is 0 Å². The summed E-state index contributed by atoms with van der Waals surface area (Å²) < 4.78 is 0. The second-order valence-electron chi connectivity index (χ2n) is 2.56. The van der Waals surface area contributed by atoms with Gasteiger partial charge in [0.2, 0.25) is 0 Å². The molecular weight excluding hydrogens is 156 g/mol. The molecule has 0 N–H and O–H groups in total. The molecule has 0 amide bonds. The van der Waals surface area contributed by atoms with Crippen molar-refractivity contribution in [2.24, 2.45) is 0 Å². The number of hydrogen-bond acceptors (Lipinski definition) is 1. The molecule has 11 heavy (non-hydrogen) atoms. The fourth-order valence-corrected chi connectivity index (χ4v) is 1.18. The highest BCUT2D eigenvalue weighted by atomic mass is 32.1. The van der Waals surface area contributed by atoms with Gasteiger partial charge in [0.1, 0.15) is 0 Å². The molecule has 0 aliphatic rings. The van der Waals surface area contributed by atoms with Gasteiger partial charge in [0.25, 0.3) is 0 Å². The lowest BCUT2D eigenvalue weighted by molar-refractivity contribution is -0.110. The number of carbonyl (C=O) groups excluding carboxylic acids is 1. The standard InChI is InChI=1S/C9H10OS/c1-7-3-2-4-8(5-7)6-9(10)11/h2-5H,6H2,1H3,(H,10,11). The van der Waals surface area contributed by atoms with E-state index in [1.54, 1.807) is 0 Å². The summed E-state index contributed by atoms with van der Waals surface area (Å²) >= 11 is 3.70. The Morgan fingerprint density at radius 3 is 2.82 bits per heavy atom. The van der Waals surface area contributed by atoms with Crippen LogP contribution in [0.3, 0.4) is 0 Å². The second-order valence-corrected chi connectivity index (χ2v) is 3.06. The third kappa shape index (κ3) is 2.76. The first kappa shape index (κ1) is 8.34. The third-order valence-corrected chi connectivity index (χ3v) is 1.60. The summed E-state index contributed by atoms with van der Waals surface area (Å²) in [5.74, 6) is 0. The zero-order valence-electron chi connectivity index (χ0n) is 6.37. The van der Waals surface area contributed by atoms with Crippen LogP contribution in [0.5, 0.6) is 0 Å². The molecule has 0 heterocycles. The number of aryl methyl sites for hydroxylation is 1. The van der Waals surface area contributed by atoms with Gasteiger partial charge < -0.3 is 0 Å². The smallest absolute Gasteiger partial charge is 0.190 e. The summed E-state index contributed by atoms with van der Waals surface area (Å²) in [6.07, 6.45) is 0.421. The van der Waals surface area contributed by atoms with E-state index in [1.165, 1.54) is 5.56 Å². The number of hydrogen-bond donors (Lipinski definition) is 1. The van der Waals surface area contributed by atoms with E-state index in [1.807, 2.05) is 31.2 Å². The number of benzene rings is 1. The van der Waals surface area contributed by atoms with Gasteiger partial charge in [0, 0.05) is 6.42 Å². The minimum absolute atomic E-state index is 0.0874. The van der Waals surface area contributed by atoms with Gasteiger partial charge in [-0.1, -0.05) is 29.8 Å². The van der Waals surface area contributed by atoms with Crippen LogP contribution in [0, 0.1) is 6.92 Å². The Morgan fingerprint density at radius 1 is 1.55 bits per heavy atom. The Labute approximate surface area is 71.8 Å². The molecule has 0 fully saturated rings. The Kier molecular flexibility index (Phi) is 2.71. The highest BCUT2D eigenvalue weighted by Gasteiger charge is 1.96. The highest BCUT2D eigenvalue weighted by Crippen LogP contribution is 2.05. The summed E-state index contributed by atoms with van der Waals surface area (Å²) in [6, 6.07) is 7.88. The van der Waals surface area contributed by atoms with Gasteiger partial charge in [-0.15, -0.1) is 12.6 Å². The second kappa shape index (κ2) is 3.58. The number of thiol groups is 1. The van der Waals surface area contributed by atoms with Crippen molar-refractivity contribution in [2.75, 3.05) is 0 Å². The van der Waals surface area contributed by atoms with E-state index >= 15 is 0 Å². The van der Waals surface area contributed by atoms with Gasteiger partial charge in [-0.2, -0.15) is 0 Å². The molecule has 0 spiro atoms. The third-order valence-electron chi connectivity index (χ3n) is 1.44. The average Bonchev–Trinajstić information content (AvgIpc) is 1.85. The predicted octanol–water partition coefficient (Wildman–Crippen LogP) is 1.99. The van der Waals surface area contributed by atoms with E-state index in [9.17, 15) is 4.79 Å². The Hall–Kier alpha value is -0.760. The lowest BCUT2D eigenvalue weighted by atomic mass is 10.1.